The third-order valence-corrected chi connectivity index (χ3v) is 4.41. The summed E-state index contributed by atoms with van der Waals surface area (Å²) in [7, 11) is 0. The van der Waals surface area contributed by atoms with Gasteiger partial charge in [-0.1, -0.05) is 29.3 Å². The van der Waals surface area contributed by atoms with Gasteiger partial charge in [0.05, 0.1) is 10.6 Å². The van der Waals surface area contributed by atoms with Crippen molar-refractivity contribution in [2.45, 2.75) is 0 Å². The molecule has 0 aliphatic carbocycles. The molecule has 0 bridgehead atoms. The first-order valence-electron chi connectivity index (χ1n) is 8.18. The van der Waals surface area contributed by atoms with E-state index in [1.807, 2.05) is 0 Å². The molecule has 3 rings (SSSR count). The van der Waals surface area contributed by atoms with Crippen molar-refractivity contribution in [2.24, 2.45) is 0 Å². The zero-order chi connectivity index (χ0) is 20.1. The normalized spacial score (nSPS) is 10.8. The van der Waals surface area contributed by atoms with Crippen LogP contribution < -0.4 is 4.74 Å². The Kier molecular flexibility index (Phi) is 6.24. The number of halogens is 3. The molecule has 3 aromatic rings. The van der Waals surface area contributed by atoms with E-state index in [4.69, 9.17) is 27.9 Å². The Bertz CT molecular complexity index is 1020. The molecule has 6 heteroatoms. The van der Waals surface area contributed by atoms with Crippen molar-refractivity contribution in [3.63, 3.8) is 0 Å². The van der Waals surface area contributed by atoms with E-state index in [0.717, 1.165) is 0 Å². The molecule has 0 heterocycles. The molecular weight excluding hydrogens is 402 g/mol. The molecule has 0 aromatic heterocycles. The summed E-state index contributed by atoms with van der Waals surface area (Å²) in [5, 5.41) is 0.734. The number of rotatable bonds is 5. The summed E-state index contributed by atoms with van der Waals surface area (Å²) >= 11 is 11.7. The summed E-state index contributed by atoms with van der Waals surface area (Å²) < 4.78 is 19.0. The van der Waals surface area contributed by atoms with E-state index in [1.54, 1.807) is 30.3 Å². The van der Waals surface area contributed by atoms with Crippen molar-refractivity contribution < 1.29 is 18.7 Å². The van der Waals surface area contributed by atoms with E-state index in [1.165, 1.54) is 48.6 Å². The number of hydrogen-bond acceptors (Lipinski definition) is 3. The minimum atomic E-state index is -0.537. The molecule has 0 aliphatic heterocycles. The number of allylic oxidation sites excluding steroid dienone is 1. The topological polar surface area (TPSA) is 43.4 Å². The average molecular weight is 415 g/mol. The lowest BCUT2D eigenvalue weighted by Gasteiger charge is -2.05. The second-order valence-corrected chi connectivity index (χ2v) is 6.60. The molecule has 0 aliphatic rings. The molecule has 0 amide bonds. The summed E-state index contributed by atoms with van der Waals surface area (Å²) in [5.74, 6) is -1.10. The number of esters is 1. The van der Waals surface area contributed by atoms with Gasteiger partial charge in [0.2, 0.25) is 0 Å². The molecule has 0 atom stereocenters. The molecular formula is C22H13Cl2FO3. The van der Waals surface area contributed by atoms with Gasteiger partial charge in [0.25, 0.3) is 0 Å². The number of carbonyl (C=O) groups is 2. The van der Waals surface area contributed by atoms with Crippen LogP contribution in [-0.2, 0) is 0 Å². The maximum absolute atomic E-state index is 13.7. The predicted molar refractivity (Wildman–Crippen MR) is 108 cm³/mol. The van der Waals surface area contributed by atoms with E-state index >= 15 is 0 Å². The Morgan fingerprint density at radius 2 is 1.50 bits per heavy atom. The van der Waals surface area contributed by atoms with Crippen LogP contribution in [0.15, 0.2) is 72.8 Å². The molecule has 0 spiro atoms. The molecule has 3 nitrogen and oxygen atoms in total. The standard InChI is InChI=1S/C22H13Cl2FO3/c23-16-8-4-15(5-9-16)22(27)28-17-10-6-14(7-11-17)21(26)13-12-18-19(24)2-1-3-20(18)25/h1-13H. The van der Waals surface area contributed by atoms with Crippen LogP contribution in [0.25, 0.3) is 6.08 Å². The van der Waals surface area contributed by atoms with Crippen molar-refractivity contribution in [1.29, 1.82) is 0 Å². The van der Waals surface area contributed by atoms with Gasteiger partial charge in [-0.05, 0) is 72.8 Å². The van der Waals surface area contributed by atoms with Crippen molar-refractivity contribution in [3.8, 4) is 5.75 Å². The Labute approximate surface area is 171 Å². The van der Waals surface area contributed by atoms with Gasteiger partial charge >= 0.3 is 5.97 Å². The molecule has 0 saturated heterocycles. The van der Waals surface area contributed by atoms with Crippen LogP contribution >= 0.6 is 23.2 Å². The minimum Gasteiger partial charge on any atom is -0.423 e. The quantitative estimate of drug-likeness (QED) is 0.214. The minimum absolute atomic E-state index is 0.144. The van der Waals surface area contributed by atoms with Crippen LogP contribution in [0.4, 0.5) is 4.39 Å². The van der Waals surface area contributed by atoms with Crippen LogP contribution in [0.5, 0.6) is 5.75 Å². The number of hydrogen-bond donors (Lipinski definition) is 0. The summed E-state index contributed by atoms with van der Waals surface area (Å²) in [6, 6.07) is 16.6. The van der Waals surface area contributed by atoms with Gasteiger partial charge < -0.3 is 4.74 Å². The van der Waals surface area contributed by atoms with Gasteiger partial charge in [-0.15, -0.1) is 0 Å². The maximum atomic E-state index is 13.7. The Balaban J connectivity index is 1.68. The third kappa shape index (κ3) is 4.85. The van der Waals surface area contributed by atoms with Crippen LogP contribution in [0.2, 0.25) is 10.0 Å². The second kappa shape index (κ2) is 8.83. The molecule has 0 saturated carbocycles. The SMILES string of the molecule is O=C(C=Cc1c(F)cccc1Cl)c1ccc(OC(=O)c2ccc(Cl)cc2)cc1. The van der Waals surface area contributed by atoms with Crippen LogP contribution in [0, 0.1) is 5.82 Å². The second-order valence-electron chi connectivity index (χ2n) is 5.75. The van der Waals surface area contributed by atoms with Gasteiger partial charge in [-0.25, -0.2) is 9.18 Å². The lowest BCUT2D eigenvalue weighted by Crippen LogP contribution is -2.08. The molecule has 28 heavy (non-hydrogen) atoms. The highest BCUT2D eigenvalue weighted by molar-refractivity contribution is 6.32. The van der Waals surface area contributed by atoms with Crippen LogP contribution in [-0.4, -0.2) is 11.8 Å². The Morgan fingerprint density at radius 3 is 2.14 bits per heavy atom. The summed E-state index contributed by atoms with van der Waals surface area (Å²) in [6.45, 7) is 0. The number of benzene rings is 3. The highest BCUT2D eigenvalue weighted by Crippen LogP contribution is 2.21. The number of ether oxygens (including phenoxy) is 1. The first-order valence-corrected chi connectivity index (χ1v) is 8.94. The Hall–Kier alpha value is -2.95. The summed E-state index contributed by atoms with van der Waals surface area (Å²) in [6.07, 6.45) is 2.56. The molecule has 0 N–H and O–H groups in total. The van der Waals surface area contributed by atoms with Crippen LogP contribution in [0.3, 0.4) is 0 Å². The van der Waals surface area contributed by atoms with Gasteiger partial charge in [0.1, 0.15) is 11.6 Å². The molecule has 0 radical (unpaired) electrons. The van der Waals surface area contributed by atoms with E-state index in [0.29, 0.717) is 16.1 Å². The molecule has 0 fully saturated rings. The van der Waals surface area contributed by atoms with E-state index < -0.39 is 11.8 Å². The van der Waals surface area contributed by atoms with Gasteiger partial charge in [-0.3, -0.25) is 4.79 Å². The fourth-order valence-corrected chi connectivity index (χ4v) is 2.72. The van der Waals surface area contributed by atoms with Gasteiger partial charge in [0, 0.05) is 16.1 Å². The zero-order valence-electron chi connectivity index (χ0n) is 14.4. The van der Waals surface area contributed by atoms with E-state index in [-0.39, 0.29) is 22.1 Å². The molecule has 3 aromatic carbocycles. The highest BCUT2D eigenvalue weighted by atomic mass is 35.5. The summed E-state index contributed by atoms with van der Waals surface area (Å²) in [4.78, 5) is 24.3. The first-order chi connectivity index (χ1) is 13.4. The Morgan fingerprint density at radius 1 is 0.857 bits per heavy atom. The lowest BCUT2D eigenvalue weighted by molar-refractivity contribution is 0.0734. The largest absolute Gasteiger partial charge is 0.423 e. The molecule has 140 valence electrons. The number of carbonyl (C=O) groups excluding carboxylic acids is 2. The molecule has 0 unspecified atom stereocenters. The van der Waals surface area contributed by atoms with Gasteiger partial charge in [0.15, 0.2) is 5.78 Å². The van der Waals surface area contributed by atoms with E-state index in [9.17, 15) is 14.0 Å². The lowest BCUT2D eigenvalue weighted by atomic mass is 10.1. The maximum Gasteiger partial charge on any atom is 0.343 e. The first kappa shape index (κ1) is 19.8. The number of ketones is 1. The monoisotopic (exact) mass is 414 g/mol. The predicted octanol–water partition coefficient (Wildman–Crippen LogP) is 6.25. The fourth-order valence-electron chi connectivity index (χ4n) is 2.36. The third-order valence-electron chi connectivity index (χ3n) is 3.83. The van der Waals surface area contributed by atoms with Crippen LogP contribution in [0.1, 0.15) is 26.3 Å². The van der Waals surface area contributed by atoms with Crippen molar-refractivity contribution in [2.75, 3.05) is 0 Å². The fraction of sp³-hybridized carbons (Fsp3) is 0. The van der Waals surface area contributed by atoms with Crippen molar-refractivity contribution >= 4 is 41.0 Å². The highest BCUT2D eigenvalue weighted by Gasteiger charge is 2.10. The average Bonchev–Trinajstić information content (AvgIpc) is 2.68. The van der Waals surface area contributed by atoms with Crippen molar-refractivity contribution in [1.82, 2.24) is 0 Å². The smallest absolute Gasteiger partial charge is 0.343 e. The zero-order valence-corrected chi connectivity index (χ0v) is 15.9. The van der Waals surface area contributed by atoms with Crippen molar-refractivity contribution in [3.05, 3.63) is 105 Å². The van der Waals surface area contributed by atoms with E-state index in [2.05, 4.69) is 0 Å². The van der Waals surface area contributed by atoms with Gasteiger partial charge in [-0.2, -0.15) is 0 Å². The summed E-state index contributed by atoms with van der Waals surface area (Å²) in [5.41, 5.74) is 0.857.